The molecule has 2 nitrogen and oxygen atoms in total. The van der Waals surface area contributed by atoms with Crippen LogP contribution in [0.3, 0.4) is 0 Å². The van der Waals surface area contributed by atoms with Gasteiger partial charge in [-0.3, -0.25) is 9.78 Å². The summed E-state index contributed by atoms with van der Waals surface area (Å²) in [5.74, 6) is 0.139. The number of aromatic nitrogens is 1. The number of carbonyl (C=O) groups excluding carboxylic acids is 1. The predicted molar refractivity (Wildman–Crippen MR) is 68.1 cm³/mol. The molecule has 0 aliphatic heterocycles. The van der Waals surface area contributed by atoms with Gasteiger partial charge in [-0.1, -0.05) is 37.3 Å². The Kier molecular flexibility index (Phi) is 3.66. The molecule has 0 saturated carbocycles. The smallest absolute Gasteiger partial charge is 0.167 e. The van der Waals surface area contributed by atoms with Gasteiger partial charge in [0.15, 0.2) is 5.78 Å². The van der Waals surface area contributed by atoms with E-state index in [2.05, 4.69) is 11.9 Å². The average molecular weight is 225 g/mol. The standard InChI is InChI=1S/C15H15NO/c1-2-12-5-7-14(8-6-12)15(17)10-13-4-3-9-16-11-13/h3-9,11H,2,10H2,1H3. The molecule has 0 unspecified atom stereocenters. The number of benzene rings is 1. The van der Waals surface area contributed by atoms with Gasteiger partial charge in [0.2, 0.25) is 0 Å². The van der Waals surface area contributed by atoms with E-state index in [9.17, 15) is 4.79 Å². The molecule has 2 rings (SSSR count). The van der Waals surface area contributed by atoms with Crippen LogP contribution in [0.15, 0.2) is 48.8 Å². The van der Waals surface area contributed by atoms with Crippen molar-refractivity contribution in [3.8, 4) is 0 Å². The fourth-order valence-corrected chi connectivity index (χ4v) is 1.72. The summed E-state index contributed by atoms with van der Waals surface area (Å²) in [6.07, 6.45) is 4.86. The summed E-state index contributed by atoms with van der Waals surface area (Å²) in [5.41, 5.74) is 2.98. The summed E-state index contributed by atoms with van der Waals surface area (Å²) >= 11 is 0. The van der Waals surface area contributed by atoms with Crippen LogP contribution in [-0.2, 0) is 12.8 Å². The van der Waals surface area contributed by atoms with Gasteiger partial charge in [-0.05, 0) is 23.6 Å². The van der Waals surface area contributed by atoms with Gasteiger partial charge in [-0.25, -0.2) is 0 Å². The minimum Gasteiger partial charge on any atom is -0.294 e. The minimum atomic E-state index is 0.139. The van der Waals surface area contributed by atoms with E-state index in [0.717, 1.165) is 17.5 Å². The number of carbonyl (C=O) groups is 1. The van der Waals surface area contributed by atoms with Crippen molar-refractivity contribution < 1.29 is 4.79 Å². The maximum atomic E-state index is 12.0. The average Bonchev–Trinajstić information content (AvgIpc) is 2.40. The van der Waals surface area contributed by atoms with Gasteiger partial charge in [0.05, 0.1) is 0 Å². The first-order valence-corrected chi connectivity index (χ1v) is 5.80. The predicted octanol–water partition coefficient (Wildman–Crippen LogP) is 3.07. The highest BCUT2D eigenvalue weighted by Crippen LogP contribution is 2.09. The van der Waals surface area contributed by atoms with Crippen molar-refractivity contribution in [3.63, 3.8) is 0 Å². The zero-order chi connectivity index (χ0) is 12.1. The molecule has 2 heteroatoms. The number of aryl methyl sites for hydroxylation is 1. The Balaban J connectivity index is 2.09. The van der Waals surface area contributed by atoms with Gasteiger partial charge in [-0.2, -0.15) is 0 Å². The lowest BCUT2D eigenvalue weighted by Gasteiger charge is -2.02. The third-order valence-corrected chi connectivity index (χ3v) is 2.77. The molecular weight excluding hydrogens is 210 g/mol. The van der Waals surface area contributed by atoms with Crippen molar-refractivity contribution in [1.82, 2.24) is 4.98 Å². The second-order valence-corrected chi connectivity index (χ2v) is 4.01. The van der Waals surface area contributed by atoms with Crippen LogP contribution in [0.1, 0.15) is 28.4 Å². The third-order valence-electron chi connectivity index (χ3n) is 2.77. The van der Waals surface area contributed by atoms with Crippen LogP contribution in [0.2, 0.25) is 0 Å². The zero-order valence-corrected chi connectivity index (χ0v) is 9.89. The molecule has 0 fully saturated rings. The van der Waals surface area contributed by atoms with E-state index in [1.807, 2.05) is 36.4 Å². The Morgan fingerprint density at radius 2 is 1.88 bits per heavy atom. The molecule has 0 amide bonds. The first kappa shape index (κ1) is 11.5. The van der Waals surface area contributed by atoms with Crippen molar-refractivity contribution in [1.29, 1.82) is 0 Å². The molecule has 0 N–H and O–H groups in total. The minimum absolute atomic E-state index is 0.139. The van der Waals surface area contributed by atoms with E-state index in [4.69, 9.17) is 0 Å². The summed E-state index contributed by atoms with van der Waals surface area (Å²) in [4.78, 5) is 16.0. The van der Waals surface area contributed by atoms with Crippen LogP contribution in [0.25, 0.3) is 0 Å². The lowest BCUT2D eigenvalue weighted by Crippen LogP contribution is -2.03. The first-order chi connectivity index (χ1) is 8.29. The second kappa shape index (κ2) is 5.39. The van der Waals surface area contributed by atoms with E-state index in [1.54, 1.807) is 12.4 Å². The molecule has 86 valence electrons. The summed E-state index contributed by atoms with van der Waals surface area (Å²) in [5, 5.41) is 0. The first-order valence-electron chi connectivity index (χ1n) is 5.80. The van der Waals surface area contributed by atoms with E-state index in [1.165, 1.54) is 5.56 Å². The topological polar surface area (TPSA) is 30.0 Å². The largest absolute Gasteiger partial charge is 0.294 e. The van der Waals surface area contributed by atoms with Gasteiger partial charge in [0.25, 0.3) is 0 Å². The Bertz CT molecular complexity index is 488. The fraction of sp³-hybridized carbons (Fsp3) is 0.200. The van der Waals surface area contributed by atoms with Gasteiger partial charge >= 0.3 is 0 Å². The number of ketones is 1. The number of hydrogen-bond acceptors (Lipinski definition) is 2. The number of hydrogen-bond donors (Lipinski definition) is 0. The molecule has 2 aromatic rings. The van der Waals surface area contributed by atoms with Crippen molar-refractivity contribution in [3.05, 3.63) is 65.5 Å². The maximum absolute atomic E-state index is 12.0. The lowest BCUT2D eigenvalue weighted by atomic mass is 10.0. The maximum Gasteiger partial charge on any atom is 0.167 e. The Morgan fingerprint density at radius 3 is 2.47 bits per heavy atom. The molecule has 1 heterocycles. The highest BCUT2D eigenvalue weighted by atomic mass is 16.1. The number of rotatable bonds is 4. The summed E-state index contributed by atoms with van der Waals surface area (Å²) in [7, 11) is 0. The fourth-order valence-electron chi connectivity index (χ4n) is 1.72. The van der Waals surface area contributed by atoms with Crippen LogP contribution in [0.4, 0.5) is 0 Å². The highest BCUT2D eigenvalue weighted by Gasteiger charge is 2.06. The zero-order valence-electron chi connectivity index (χ0n) is 9.89. The van der Waals surface area contributed by atoms with Crippen LogP contribution >= 0.6 is 0 Å². The molecule has 0 aliphatic carbocycles. The van der Waals surface area contributed by atoms with Gasteiger partial charge in [0, 0.05) is 24.4 Å². The van der Waals surface area contributed by atoms with E-state index in [-0.39, 0.29) is 5.78 Å². The molecule has 1 aromatic carbocycles. The molecule has 0 saturated heterocycles. The number of pyridine rings is 1. The van der Waals surface area contributed by atoms with Crippen LogP contribution < -0.4 is 0 Å². The monoisotopic (exact) mass is 225 g/mol. The van der Waals surface area contributed by atoms with Crippen LogP contribution in [0, 0.1) is 0 Å². The van der Waals surface area contributed by atoms with Crippen molar-refractivity contribution in [2.45, 2.75) is 19.8 Å². The highest BCUT2D eigenvalue weighted by molar-refractivity contribution is 5.97. The summed E-state index contributed by atoms with van der Waals surface area (Å²) in [6.45, 7) is 2.10. The normalized spacial score (nSPS) is 10.2. The van der Waals surface area contributed by atoms with Gasteiger partial charge < -0.3 is 0 Å². The molecule has 1 aromatic heterocycles. The number of nitrogens with zero attached hydrogens (tertiary/aromatic N) is 1. The summed E-state index contributed by atoms with van der Waals surface area (Å²) < 4.78 is 0. The number of Topliss-reactive ketones (excluding diaryl/α,β-unsaturated/α-hetero) is 1. The van der Waals surface area contributed by atoms with Gasteiger partial charge in [-0.15, -0.1) is 0 Å². The van der Waals surface area contributed by atoms with E-state index >= 15 is 0 Å². The third kappa shape index (κ3) is 3.00. The molecule has 0 aliphatic rings. The Hall–Kier alpha value is -1.96. The SMILES string of the molecule is CCc1ccc(C(=O)Cc2cccnc2)cc1. The second-order valence-electron chi connectivity index (χ2n) is 4.01. The van der Waals surface area contributed by atoms with E-state index < -0.39 is 0 Å². The van der Waals surface area contributed by atoms with Gasteiger partial charge in [0.1, 0.15) is 0 Å². The Labute approximate surface area is 101 Å². The Morgan fingerprint density at radius 1 is 1.12 bits per heavy atom. The quantitative estimate of drug-likeness (QED) is 0.748. The lowest BCUT2D eigenvalue weighted by molar-refractivity contribution is 0.0993. The van der Waals surface area contributed by atoms with E-state index in [0.29, 0.717) is 6.42 Å². The molecule has 0 spiro atoms. The molecular formula is C15H15NO. The van der Waals surface area contributed by atoms with Crippen molar-refractivity contribution in [2.75, 3.05) is 0 Å². The van der Waals surface area contributed by atoms with Crippen molar-refractivity contribution in [2.24, 2.45) is 0 Å². The molecule has 0 radical (unpaired) electrons. The van der Waals surface area contributed by atoms with Crippen LogP contribution in [-0.4, -0.2) is 10.8 Å². The van der Waals surface area contributed by atoms with Crippen LogP contribution in [0.5, 0.6) is 0 Å². The summed E-state index contributed by atoms with van der Waals surface area (Å²) in [6, 6.07) is 11.6. The van der Waals surface area contributed by atoms with Crippen molar-refractivity contribution >= 4 is 5.78 Å². The molecule has 0 bridgehead atoms. The molecule has 0 atom stereocenters. The molecule has 17 heavy (non-hydrogen) atoms.